The molecule has 0 fully saturated rings. The molecule has 8 nitrogen and oxygen atoms in total. The van der Waals surface area contributed by atoms with Crippen LogP contribution in [0.2, 0.25) is 0 Å². The molecular weight excluding hydrogens is 490 g/mol. The summed E-state index contributed by atoms with van der Waals surface area (Å²) in [6.45, 7) is 9.73. The van der Waals surface area contributed by atoms with Crippen molar-refractivity contribution in [2.75, 3.05) is 18.5 Å². The largest absolute Gasteiger partial charge is 0.484 e. The lowest BCUT2D eigenvalue weighted by molar-refractivity contribution is -0.118. The molecule has 1 N–H and O–H groups in total. The Labute approximate surface area is 218 Å². The van der Waals surface area contributed by atoms with Crippen LogP contribution in [0.5, 0.6) is 5.75 Å². The molecule has 4 rings (SSSR count). The average molecular weight is 520 g/mol. The van der Waals surface area contributed by atoms with E-state index in [4.69, 9.17) is 9.47 Å². The van der Waals surface area contributed by atoms with E-state index in [1.54, 1.807) is 18.4 Å². The first kappa shape index (κ1) is 26.1. The summed E-state index contributed by atoms with van der Waals surface area (Å²) in [6.07, 6.45) is 0. The number of esters is 1. The molecule has 2 aromatic heterocycles. The summed E-state index contributed by atoms with van der Waals surface area (Å²) < 4.78 is 12.0. The molecule has 0 saturated carbocycles. The highest BCUT2D eigenvalue weighted by atomic mass is 32.1. The van der Waals surface area contributed by atoms with Gasteiger partial charge in [-0.15, -0.1) is 11.3 Å². The normalized spacial score (nSPS) is 11.1. The molecular formula is C28H29N3O5S. The number of carbonyl (C=O) groups is 2. The molecule has 4 aromatic rings. The van der Waals surface area contributed by atoms with Crippen molar-refractivity contribution < 1.29 is 19.1 Å². The smallest absolute Gasteiger partial charge is 0.359 e. The van der Waals surface area contributed by atoms with Gasteiger partial charge in [0.25, 0.3) is 11.5 Å². The van der Waals surface area contributed by atoms with Gasteiger partial charge in [0, 0.05) is 10.8 Å². The molecule has 1 amide bonds. The summed E-state index contributed by atoms with van der Waals surface area (Å²) in [4.78, 5) is 39.0. The number of amides is 1. The second-order valence-electron chi connectivity index (χ2n) is 8.97. The lowest BCUT2D eigenvalue weighted by atomic mass is 10.0. The Balaban J connectivity index is 1.67. The summed E-state index contributed by atoms with van der Waals surface area (Å²) in [6, 6.07) is 13.0. The maximum atomic E-state index is 13.6. The van der Waals surface area contributed by atoms with Gasteiger partial charge in [0.2, 0.25) is 0 Å². The first-order valence-corrected chi connectivity index (χ1v) is 12.9. The molecule has 0 unspecified atom stereocenters. The van der Waals surface area contributed by atoms with Crippen molar-refractivity contribution in [3.8, 4) is 11.4 Å². The number of rotatable bonds is 8. The molecule has 0 atom stereocenters. The van der Waals surface area contributed by atoms with Gasteiger partial charge in [0.05, 0.1) is 17.7 Å². The van der Waals surface area contributed by atoms with Gasteiger partial charge in [-0.3, -0.25) is 9.59 Å². The molecule has 0 aliphatic rings. The summed E-state index contributed by atoms with van der Waals surface area (Å²) >= 11 is 1.14. The van der Waals surface area contributed by atoms with E-state index in [1.165, 1.54) is 10.2 Å². The van der Waals surface area contributed by atoms with Crippen molar-refractivity contribution in [3.05, 3.63) is 80.6 Å². The van der Waals surface area contributed by atoms with E-state index in [9.17, 15) is 14.4 Å². The van der Waals surface area contributed by atoms with Gasteiger partial charge in [0.1, 0.15) is 10.8 Å². The maximum absolute atomic E-state index is 13.6. The van der Waals surface area contributed by atoms with Crippen molar-refractivity contribution >= 4 is 39.0 Å². The van der Waals surface area contributed by atoms with Crippen molar-refractivity contribution in [1.29, 1.82) is 0 Å². The monoisotopic (exact) mass is 519 g/mol. The second-order valence-corrected chi connectivity index (χ2v) is 9.85. The van der Waals surface area contributed by atoms with Gasteiger partial charge in [-0.25, -0.2) is 4.79 Å². The van der Waals surface area contributed by atoms with Gasteiger partial charge >= 0.3 is 5.97 Å². The predicted molar refractivity (Wildman–Crippen MR) is 145 cm³/mol. The summed E-state index contributed by atoms with van der Waals surface area (Å²) in [5.74, 6) is -0.106. The average Bonchev–Trinajstić information content (AvgIpc) is 3.29. The Morgan fingerprint density at radius 3 is 2.46 bits per heavy atom. The Morgan fingerprint density at radius 1 is 1.08 bits per heavy atom. The van der Waals surface area contributed by atoms with E-state index in [0.717, 1.165) is 22.5 Å². The van der Waals surface area contributed by atoms with E-state index < -0.39 is 17.4 Å². The SMILES string of the molecule is CCOC(=O)c1nn(-c2ccc(C)c(C)c2)c(=O)c2c(NC(=O)COc3ccc(C(C)C)cc3)scc12. The number of aromatic nitrogens is 2. The number of anilines is 1. The van der Waals surface area contributed by atoms with Crippen LogP contribution in [0.3, 0.4) is 0 Å². The van der Waals surface area contributed by atoms with Crippen LogP contribution in [-0.2, 0) is 9.53 Å². The molecule has 2 aromatic carbocycles. The fourth-order valence-corrected chi connectivity index (χ4v) is 4.74. The van der Waals surface area contributed by atoms with Gasteiger partial charge in [0.15, 0.2) is 12.3 Å². The molecule has 0 bridgehead atoms. The highest BCUT2D eigenvalue weighted by molar-refractivity contribution is 7.16. The number of fused-ring (bicyclic) bond motifs is 1. The third kappa shape index (κ3) is 5.56. The molecule has 37 heavy (non-hydrogen) atoms. The number of hydrogen-bond donors (Lipinski definition) is 1. The number of carbonyl (C=O) groups excluding carboxylic acids is 2. The molecule has 0 aliphatic heterocycles. The number of ether oxygens (including phenoxy) is 2. The molecule has 0 saturated heterocycles. The van der Waals surface area contributed by atoms with Gasteiger partial charge in [-0.2, -0.15) is 9.78 Å². The van der Waals surface area contributed by atoms with Crippen LogP contribution in [0.25, 0.3) is 16.5 Å². The van der Waals surface area contributed by atoms with Crippen molar-refractivity contribution in [1.82, 2.24) is 9.78 Å². The van der Waals surface area contributed by atoms with Gasteiger partial charge in [-0.1, -0.05) is 32.0 Å². The Morgan fingerprint density at radius 2 is 1.81 bits per heavy atom. The molecule has 0 radical (unpaired) electrons. The summed E-state index contributed by atoms with van der Waals surface area (Å²) in [5, 5.41) is 9.57. The number of aryl methyl sites for hydroxylation is 2. The maximum Gasteiger partial charge on any atom is 0.359 e. The van der Waals surface area contributed by atoms with Crippen LogP contribution in [0, 0.1) is 13.8 Å². The predicted octanol–water partition coefficient (Wildman–Crippen LogP) is 5.38. The van der Waals surface area contributed by atoms with Crippen LogP contribution in [-0.4, -0.2) is 34.9 Å². The van der Waals surface area contributed by atoms with E-state index >= 15 is 0 Å². The Bertz CT molecular complexity index is 1520. The molecule has 2 heterocycles. The standard InChI is InChI=1S/C28H29N3O5S/c1-6-35-28(34)25-22-15-37-26(29-23(32)14-36-21-11-8-19(9-12-21)16(2)3)24(22)27(33)31(30-25)20-10-7-17(4)18(5)13-20/h7-13,15-16H,6,14H2,1-5H3,(H,29,32). The number of hydrogen-bond acceptors (Lipinski definition) is 7. The molecule has 0 spiro atoms. The minimum atomic E-state index is -0.645. The van der Waals surface area contributed by atoms with Crippen molar-refractivity contribution in [2.24, 2.45) is 0 Å². The first-order chi connectivity index (χ1) is 17.7. The number of benzene rings is 2. The lowest BCUT2D eigenvalue weighted by Crippen LogP contribution is -2.26. The minimum absolute atomic E-state index is 0.00733. The van der Waals surface area contributed by atoms with Crippen LogP contribution in [0.1, 0.15) is 53.9 Å². The van der Waals surface area contributed by atoms with E-state index in [2.05, 4.69) is 24.3 Å². The fraction of sp³-hybridized carbons (Fsp3) is 0.286. The highest BCUT2D eigenvalue weighted by Gasteiger charge is 2.23. The third-order valence-electron chi connectivity index (χ3n) is 6.03. The Kier molecular flexibility index (Phi) is 7.73. The minimum Gasteiger partial charge on any atom is -0.484 e. The third-order valence-corrected chi connectivity index (χ3v) is 6.92. The van der Waals surface area contributed by atoms with Crippen LogP contribution in [0.15, 0.2) is 52.6 Å². The van der Waals surface area contributed by atoms with Crippen LogP contribution in [0.4, 0.5) is 5.00 Å². The number of thiophene rings is 1. The zero-order chi connectivity index (χ0) is 26.7. The van der Waals surface area contributed by atoms with Crippen LogP contribution >= 0.6 is 11.3 Å². The van der Waals surface area contributed by atoms with Gasteiger partial charge < -0.3 is 14.8 Å². The van der Waals surface area contributed by atoms with Crippen molar-refractivity contribution in [2.45, 2.75) is 40.5 Å². The first-order valence-electron chi connectivity index (χ1n) is 12.0. The topological polar surface area (TPSA) is 99.5 Å². The van der Waals surface area contributed by atoms with E-state index in [1.807, 2.05) is 50.2 Å². The number of nitrogens with zero attached hydrogens (tertiary/aromatic N) is 2. The second kappa shape index (κ2) is 11.0. The summed E-state index contributed by atoms with van der Waals surface area (Å²) in [7, 11) is 0. The Hall–Kier alpha value is -3.98. The van der Waals surface area contributed by atoms with E-state index in [0.29, 0.717) is 27.7 Å². The fourth-order valence-electron chi connectivity index (χ4n) is 3.78. The number of nitrogens with one attached hydrogen (secondary N) is 1. The zero-order valence-electron chi connectivity index (χ0n) is 21.5. The molecule has 9 heteroatoms. The van der Waals surface area contributed by atoms with Crippen molar-refractivity contribution in [3.63, 3.8) is 0 Å². The molecule has 0 aliphatic carbocycles. The van der Waals surface area contributed by atoms with Crippen LogP contribution < -0.4 is 15.6 Å². The highest BCUT2D eigenvalue weighted by Crippen LogP contribution is 2.31. The quantitative estimate of drug-likeness (QED) is 0.314. The molecule has 192 valence electrons. The lowest BCUT2D eigenvalue weighted by Gasteiger charge is -2.11. The summed E-state index contributed by atoms with van der Waals surface area (Å²) in [5.41, 5.74) is 3.28. The zero-order valence-corrected chi connectivity index (χ0v) is 22.3. The van der Waals surface area contributed by atoms with Gasteiger partial charge in [-0.05, 0) is 67.6 Å². The van der Waals surface area contributed by atoms with E-state index in [-0.39, 0.29) is 24.3 Å².